The normalized spacial score (nSPS) is 16.6. The van der Waals surface area contributed by atoms with Crippen molar-refractivity contribution >= 4 is 5.71 Å². The molecule has 0 amide bonds. The summed E-state index contributed by atoms with van der Waals surface area (Å²) in [4.78, 5) is 2.51. The van der Waals surface area contributed by atoms with Crippen LogP contribution in [-0.2, 0) is 13.0 Å². The van der Waals surface area contributed by atoms with Crippen LogP contribution >= 0.6 is 0 Å². The lowest BCUT2D eigenvalue weighted by Gasteiger charge is -2.38. The Hall–Kier alpha value is -1.41. The molecule has 1 heterocycles. The molecule has 0 aromatic heterocycles. The van der Waals surface area contributed by atoms with Crippen molar-refractivity contribution in [3.8, 4) is 0 Å². The molecular formula is C18H26N2. The van der Waals surface area contributed by atoms with Crippen LogP contribution in [0.4, 0.5) is 0 Å². The van der Waals surface area contributed by atoms with Gasteiger partial charge in [0.2, 0.25) is 0 Å². The smallest absolute Gasteiger partial charge is 0.0355 e. The lowest BCUT2D eigenvalue weighted by Crippen LogP contribution is -2.45. The van der Waals surface area contributed by atoms with Crippen molar-refractivity contribution < 1.29 is 0 Å². The van der Waals surface area contributed by atoms with Gasteiger partial charge >= 0.3 is 0 Å². The van der Waals surface area contributed by atoms with Crippen LogP contribution in [-0.4, -0.2) is 23.7 Å². The van der Waals surface area contributed by atoms with E-state index in [9.17, 15) is 0 Å². The minimum atomic E-state index is 0.653. The molecular weight excluding hydrogens is 244 g/mol. The Balaban J connectivity index is 1.97. The molecule has 1 aromatic rings. The Labute approximate surface area is 123 Å². The fraction of sp³-hybridized carbons (Fsp3) is 0.500. The summed E-state index contributed by atoms with van der Waals surface area (Å²) in [5.74, 6) is 0.753. The maximum atomic E-state index is 7.74. The van der Waals surface area contributed by atoms with E-state index in [-0.39, 0.29) is 0 Å². The molecule has 20 heavy (non-hydrogen) atoms. The Bertz CT molecular complexity index is 496. The van der Waals surface area contributed by atoms with Crippen molar-refractivity contribution in [3.05, 3.63) is 47.0 Å². The van der Waals surface area contributed by atoms with Gasteiger partial charge in [-0.2, -0.15) is 0 Å². The molecule has 108 valence electrons. The van der Waals surface area contributed by atoms with E-state index >= 15 is 0 Å². The van der Waals surface area contributed by atoms with Gasteiger partial charge in [-0.1, -0.05) is 38.1 Å². The molecule has 2 nitrogen and oxygen atoms in total. The van der Waals surface area contributed by atoms with Gasteiger partial charge < -0.3 is 5.41 Å². The highest BCUT2D eigenvalue weighted by Crippen LogP contribution is 2.22. The third kappa shape index (κ3) is 3.57. The number of nitrogens with zero attached hydrogens (tertiary/aromatic N) is 1. The monoisotopic (exact) mass is 270 g/mol. The van der Waals surface area contributed by atoms with Crippen LogP contribution in [0, 0.1) is 11.3 Å². The van der Waals surface area contributed by atoms with E-state index in [4.69, 9.17) is 5.41 Å². The zero-order valence-electron chi connectivity index (χ0n) is 12.9. The number of rotatable bonds is 6. The van der Waals surface area contributed by atoms with Crippen LogP contribution in [0.3, 0.4) is 0 Å². The number of likely N-dealkylation sites (tertiary alicyclic amines) is 1. The van der Waals surface area contributed by atoms with Gasteiger partial charge in [-0.3, -0.25) is 4.90 Å². The van der Waals surface area contributed by atoms with Crippen LogP contribution in [0.25, 0.3) is 0 Å². The van der Waals surface area contributed by atoms with Gasteiger partial charge in [-0.25, -0.2) is 0 Å². The molecule has 1 aliphatic rings. The predicted molar refractivity (Wildman–Crippen MR) is 86.5 cm³/mol. The van der Waals surface area contributed by atoms with E-state index < -0.39 is 0 Å². The summed E-state index contributed by atoms with van der Waals surface area (Å²) in [6, 6.07) is 6.48. The summed E-state index contributed by atoms with van der Waals surface area (Å²) in [5, 5.41) is 7.74. The third-order valence-corrected chi connectivity index (χ3v) is 4.04. The van der Waals surface area contributed by atoms with Crippen molar-refractivity contribution in [2.45, 2.75) is 40.2 Å². The van der Waals surface area contributed by atoms with Gasteiger partial charge in [0.25, 0.3) is 0 Å². The van der Waals surface area contributed by atoms with Crippen molar-refractivity contribution in [2.75, 3.05) is 13.1 Å². The van der Waals surface area contributed by atoms with Gasteiger partial charge in [0.05, 0.1) is 0 Å². The van der Waals surface area contributed by atoms with Crippen molar-refractivity contribution in [3.63, 3.8) is 0 Å². The van der Waals surface area contributed by atoms with Crippen LogP contribution in [0.15, 0.2) is 30.4 Å². The summed E-state index contributed by atoms with van der Waals surface area (Å²) >= 11 is 0. The average molecular weight is 270 g/mol. The fourth-order valence-corrected chi connectivity index (χ4v) is 2.77. The van der Waals surface area contributed by atoms with E-state index in [0.717, 1.165) is 30.9 Å². The van der Waals surface area contributed by atoms with E-state index in [0.29, 0.717) is 5.71 Å². The molecule has 1 fully saturated rings. The maximum Gasteiger partial charge on any atom is 0.0355 e. The summed E-state index contributed by atoms with van der Waals surface area (Å²) in [6.45, 7) is 9.67. The van der Waals surface area contributed by atoms with Gasteiger partial charge in [0.15, 0.2) is 0 Å². The number of hydrogen-bond acceptors (Lipinski definition) is 2. The molecule has 1 aliphatic heterocycles. The molecule has 1 saturated heterocycles. The number of hydrogen-bond donors (Lipinski definition) is 1. The molecule has 2 heteroatoms. The maximum absolute atomic E-state index is 7.74. The number of benzene rings is 1. The Morgan fingerprint density at radius 3 is 2.65 bits per heavy atom. The highest BCUT2D eigenvalue weighted by Gasteiger charge is 2.24. The average Bonchev–Trinajstić information content (AvgIpc) is 2.41. The number of aryl methyl sites for hydroxylation is 1. The molecule has 0 unspecified atom stereocenters. The van der Waals surface area contributed by atoms with Gasteiger partial charge in [-0.15, -0.1) is 0 Å². The van der Waals surface area contributed by atoms with Crippen molar-refractivity contribution in [1.82, 2.24) is 4.90 Å². The first-order valence-electron chi connectivity index (χ1n) is 7.70. The molecule has 0 spiro atoms. The lowest BCUT2D eigenvalue weighted by atomic mass is 9.95. The second-order valence-corrected chi connectivity index (χ2v) is 5.75. The highest BCUT2D eigenvalue weighted by atomic mass is 15.2. The predicted octanol–water partition coefficient (Wildman–Crippen LogP) is 4.03. The standard InChI is InChI=1S/C18H26N2/c1-4-6-7-15-11-20(12-15)13-18-9-8-17(14(3)19)10-16(18)5-2/h6-10,15,19H,4-5,11-13H2,1-3H3/b7-6+,19-14?. The Morgan fingerprint density at radius 2 is 2.05 bits per heavy atom. The fourth-order valence-electron chi connectivity index (χ4n) is 2.77. The highest BCUT2D eigenvalue weighted by molar-refractivity contribution is 5.96. The first-order chi connectivity index (χ1) is 9.63. The zero-order chi connectivity index (χ0) is 14.5. The molecule has 0 aliphatic carbocycles. The van der Waals surface area contributed by atoms with E-state index in [1.807, 2.05) is 6.92 Å². The van der Waals surface area contributed by atoms with Crippen molar-refractivity contribution in [2.24, 2.45) is 5.92 Å². The van der Waals surface area contributed by atoms with E-state index in [1.165, 1.54) is 24.2 Å². The second kappa shape index (κ2) is 6.85. The van der Waals surface area contributed by atoms with Crippen molar-refractivity contribution in [1.29, 1.82) is 5.41 Å². The molecule has 0 atom stereocenters. The number of allylic oxidation sites excluding steroid dienone is 1. The van der Waals surface area contributed by atoms with Crippen LogP contribution < -0.4 is 0 Å². The molecule has 0 radical (unpaired) electrons. The van der Waals surface area contributed by atoms with Gasteiger partial charge in [0, 0.05) is 31.3 Å². The van der Waals surface area contributed by atoms with Crippen LogP contribution in [0.1, 0.15) is 43.9 Å². The topological polar surface area (TPSA) is 27.1 Å². The largest absolute Gasteiger partial charge is 0.305 e. The van der Waals surface area contributed by atoms with Crippen LogP contribution in [0.5, 0.6) is 0 Å². The summed E-state index contributed by atoms with van der Waals surface area (Å²) in [7, 11) is 0. The van der Waals surface area contributed by atoms with Crippen LogP contribution in [0.2, 0.25) is 0 Å². The minimum absolute atomic E-state index is 0.653. The third-order valence-electron chi connectivity index (χ3n) is 4.04. The Morgan fingerprint density at radius 1 is 1.30 bits per heavy atom. The summed E-state index contributed by atoms with van der Waals surface area (Å²) < 4.78 is 0. The SMILES string of the molecule is CC/C=C/C1CN(Cc2ccc(C(C)=N)cc2CC)C1. The first-order valence-corrected chi connectivity index (χ1v) is 7.70. The minimum Gasteiger partial charge on any atom is -0.305 e. The molecule has 0 saturated carbocycles. The lowest BCUT2D eigenvalue weighted by molar-refractivity contribution is 0.122. The van der Waals surface area contributed by atoms with Gasteiger partial charge in [0.1, 0.15) is 0 Å². The van der Waals surface area contributed by atoms with E-state index in [1.54, 1.807) is 0 Å². The Kier molecular flexibility index (Phi) is 5.13. The second-order valence-electron chi connectivity index (χ2n) is 5.75. The molecule has 2 rings (SSSR count). The quantitative estimate of drug-likeness (QED) is 0.613. The van der Waals surface area contributed by atoms with Gasteiger partial charge in [-0.05, 0) is 42.5 Å². The number of nitrogens with one attached hydrogen (secondary N) is 1. The summed E-state index contributed by atoms with van der Waals surface area (Å²) in [6.07, 6.45) is 6.82. The first kappa shape index (κ1) is 15.0. The zero-order valence-corrected chi connectivity index (χ0v) is 12.9. The molecule has 1 N–H and O–H groups in total. The molecule has 0 bridgehead atoms. The molecule has 1 aromatic carbocycles. The van der Waals surface area contributed by atoms with E-state index in [2.05, 4.69) is 49.1 Å². The summed E-state index contributed by atoms with van der Waals surface area (Å²) in [5.41, 5.74) is 4.52.